The van der Waals surface area contributed by atoms with Crippen molar-refractivity contribution in [3.05, 3.63) is 75.8 Å². The Kier molecular flexibility index (Phi) is 5.82. The first-order valence-electron chi connectivity index (χ1n) is 8.34. The highest BCUT2D eigenvalue weighted by Gasteiger charge is 2.28. The third kappa shape index (κ3) is 4.31. The molecule has 2 unspecified atom stereocenters. The van der Waals surface area contributed by atoms with Crippen LogP contribution >= 0.6 is 11.6 Å². The van der Waals surface area contributed by atoms with Gasteiger partial charge in [-0.15, -0.1) is 0 Å². The maximum absolute atomic E-state index is 12.7. The van der Waals surface area contributed by atoms with Crippen molar-refractivity contribution in [3.63, 3.8) is 0 Å². The number of hydrogen-bond acceptors (Lipinski definition) is 6. The molecule has 1 aliphatic heterocycles. The van der Waals surface area contributed by atoms with Gasteiger partial charge in [-0.25, -0.2) is 13.8 Å². The standard InChI is InChI=1S/C19H19ClN4O2S/c1-13-2-8-16(9-3-13)27(25,26)17(10-21)11-22-19-18(12-23-24-19)14-4-6-15(20)7-5-14/h2-9,11,18-19,22-24H,12H2,1H3/b17-11-. The molecule has 3 rings (SSSR count). The molecule has 2 aromatic rings. The zero-order valence-corrected chi connectivity index (χ0v) is 16.2. The van der Waals surface area contributed by atoms with Crippen LogP contribution in [0, 0.1) is 18.3 Å². The van der Waals surface area contributed by atoms with E-state index in [0.29, 0.717) is 11.6 Å². The summed E-state index contributed by atoms with van der Waals surface area (Å²) in [5.41, 5.74) is 8.09. The van der Waals surface area contributed by atoms with Crippen molar-refractivity contribution in [2.45, 2.75) is 23.9 Å². The fourth-order valence-corrected chi connectivity index (χ4v) is 4.07. The largest absolute Gasteiger partial charge is 0.373 e. The Balaban J connectivity index is 1.81. The zero-order valence-electron chi connectivity index (χ0n) is 14.6. The van der Waals surface area contributed by atoms with Crippen molar-refractivity contribution in [2.24, 2.45) is 0 Å². The molecule has 1 heterocycles. The number of halogens is 1. The lowest BCUT2D eigenvalue weighted by Crippen LogP contribution is -2.41. The van der Waals surface area contributed by atoms with Gasteiger partial charge >= 0.3 is 0 Å². The minimum atomic E-state index is -3.88. The summed E-state index contributed by atoms with van der Waals surface area (Å²) < 4.78 is 25.4. The number of allylic oxidation sites excluding steroid dienone is 1. The number of hydrogen-bond donors (Lipinski definition) is 3. The number of rotatable bonds is 5. The van der Waals surface area contributed by atoms with Crippen LogP contribution in [-0.4, -0.2) is 21.1 Å². The van der Waals surface area contributed by atoms with Gasteiger partial charge in [0, 0.05) is 23.7 Å². The molecular formula is C19H19ClN4O2S. The van der Waals surface area contributed by atoms with Crippen LogP contribution in [0.1, 0.15) is 17.0 Å². The molecule has 2 atom stereocenters. The van der Waals surface area contributed by atoms with E-state index in [1.807, 2.05) is 31.2 Å². The monoisotopic (exact) mass is 402 g/mol. The van der Waals surface area contributed by atoms with Crippen molar-refractivity contribution < 1.29 is 8.42 Å². The molecule has 8 heteroatoms. The van der Waals surface area contributed by atoms with Crippen molar-refractivity contribution >= 4 is 21.4 Å². The van der Waals surface area contributed by atoms with Gasteiger partial charge in [0.1, 0.15) is 6.07 Å². The number of nitrogens with one attached hydrogen (secondary N) is 3. The highest BCUT2D eigenvalue weighted by molar-refractivity contribution is 7.95. The zero-order chi connectivity index (χ0) is 19.4. The van der Waals surface area contributed by atoms with E-state index < -0.39 is 9.84 Å². The molecule has 1 saturated heterocycles. The summed E-state index contributed by atoms with van der Waals surface area (Å²) in [6.07, 6.45) is 0.978. The van der Waals surface area contributed by atoms with Crippen LogP contribution in [0.25, 0.3) is 0 Å². The van der Waals surface area contributed by atoms with Crippen LogP contribution in [0.2, 0.25) is 5.02 Å². The second-order valence-electron chi connectivity index (χ2n) is 6.26. The first kappa shape index (κ1) is 19.4. The normalized spacial score (nSPS) is 20.3. The van der Waals surface area contributed by atoms with Crippen molar-refractivity contribution in [1.82, 2.24) is 16.2 Å². The number of nitrogens with zero attached hydrogens (tertiary/aromatic N) is 1. The molecule has 0 saturated carbocycles. The molecule has 0 bridgehead atoms. The van der Waals surface area contributed by atoms with E-state index in [0.717, 1.165) is 11.1 Å². The van der Waals surface area contributed by atoms with Gasteiger partial charge in [-0.2, -0.15) is 5.26 Å². The van der Waals surface area contributed by atoms with E-state index in [4.69, 9.17) is 11.6 Å². The second kappa shape index (κ2) is 8.11. The number of sulfone groups is 1. The van der Waals surface area contributed by atoms with E-state index in [2.05, 4.69) is 16.2 Å². The Morgan fingerprint density at radius 3 is 2.52 bits per heavy atom. The van der Waals surface area contributed by atoms with Crippen molar-refractivity contribution in [2.75, 3.05) is 6.54 Å². The van der Waals surface area contributed by atoms with Gasteiger partial charge in [0.05, 0.1) is 11.1 Å². The van der Waals surface area contributed by atoms with E-state index >= 15 is 0 Å². The maximum atomic E-state index is 12.7. The summed E-state index contributed by atoms with van der Waals surface area (Å²) in [7, 11) is -3.88. The highest BCUT2D eigenvalue weighted by atomic mass is 35.5. The molecule has 2 aromatic carbocycles. The van der Waals surface area contributed by atoms with Gasteiger partial charge in [0.25, 0.3) is 0 Å². The van der Waals surface area contributed by atoms with Crippen molar-refractivity contribution in [3.8, 4) is 6.07 Å². The molecule has 1 fully saturated rings. The molecule has 0 amide bonds. The van der Waals surface area contributed by atoms with Crippen LogP contribution in [-0.2, 0) is 9.84 Å². The van der Waals surface area contributed by atoms with Crippen LogP contribution < -0.4 is 16.2 Å². The number of aryl methyl sites for hydroxylation is 1. The highest BCUT2D eigenvalue weighted by Crippen LogP contribution is 2.23. The molecule has 3 N–H and O–H groups in total. The molecule has 0 spiro atoms. The predicted octanol–water partition coefficient (Wildman–Crippen LogP) is 2.59. The number of benzene rings is 2. The summed E-state index contributed by atoms with van der Waals surface area (Å²) in [5, 5.41) is 13.0. The molecule has 140 valence electrons. The predicted molar refractivity (Wildman–Crippen MR) is 104 cm³/mol. The quantitative estimate of drug-likeness (QED) is 0.665. The second-order valence-corrected chi connectivity index (χ2v) is 8.62. The Hall–Kier alpha value is -2.37. The summed E-state index contributed by atoms with van der Waals surface area (Å²) in [6, 6.07) is 15.7. The first-order valence-corrected chi connectivity index (χ1v) is 10.2. The fourth-order valence-electron chi connectivity index (χ4n) is 2.86. The molecule has 27 heavy (non-hydrogen) atoms. The first-order chi connectivity index (χ1) is 12.9. The Morgan fingerprint density at radius 1 is 1.22 bits per heavy atom. The Labute approximate surface area is 163 Å². The molecule has 0 aliphatic carbocycles. The van der Waals surface area contributed by atoms with Gasteiger partial charge in [-0.05, 0) is 36.8 Å². The number of nitriles is 1. The van der Waals surface area contributed by atoms with Gasteiger partial charge in [0.2, 0.25) is 9.84 Å². The fraction of sp³-hybridized carbons (Fsp3) is 0.211. The summed E-state index contributed by atoms with van der Waals surface area (Å²) in [5.74, 6) is 0.0422. The van der Waals surface area contributed by atoms with Gasteiger partial charge < -0.3 is 5.32 Å². The lowest BCUT2D eigenvalue weighted by atomic mass is 9.97. The lowest BCUT2D eigenvalue weighted by molar-refractivity contribution is 0.483. The van der Waals surface area contributed by atoms with E-state index in [1.165, 1.54) is 18.3 Å². The Morgan fingerprint density at radius 2 is 1.89 bits per heavy atom. The van der Waals surface area contributed by atoms with Gasteiger partial charge in [0.15, 0.2) is 4.91 Å². The smallest absolute Gasteiger partial charge is 0.218 e. The van der Waals surface area contributed by atoms with Crippen LogP contribution in [0.3, 0.4) is 0 Å². The summed E-state index contributed by atoms with van der Waals surface area (Å²) in [6.45, 7) is 2.52. The SMILES string of the molecule is Cc1ccc(S(=O)(=O)/C(C#N)=C\NC2NNCC2c2ccc(Cl)cc2)cc1. The van der Waals surface area contributed by atoms with Gasteiger partial charge in [-0.3, -0.25) is 5.43 Å². The molecule has 1 aliphatic rings. The Bertz CT molecular complexity index is 980. The van der Waals surface area contributed by atoms with E-state index in [9.17, 15) is 13.7 Å². The average Bonchev–Trinajstić information content (AvgIpc) is 3.11. The summed E-state index contributed by atoms with van der Waals surface area (Å²) >= 11 is 5.94. The molecule has 6 nitrogen and oxygen atoms in total. The molecule has 0 radical (unpaired) electrons. The minimum Gasteiger partial charge on any atom is -0.373 e. The topological polar surface area (TPSA) is 94.0 Å². The lowest BCUT2D eigenvalue weighted by Gasteiger charge is -2.19. The third-order valence-corrected chi connectivity index (χ3v) is 6.34. The maximum Gasteiger partial charge on any atom is 0.218 e. The third-order valence-electron chi connectivity index (χ3n) is 4.41. The van der Waals surface area contributed by atoms with Crippen LogP contribution in [0.5, 0.6) is 0 Å². The van der Waals surface area contributed by atoms with Crippen LogP contribution in [0.4, 0.5) is 0 Å². The molecular weight excluding hydrogens is 384 g/mol. The van der Waals surface area contributed by atoms with Gasteiger partial charge in [-0.1, -0.05) is 41.4 Å². The van der Waals surface area contributed by atoms with E-state index in [-0.39, 0.29) is 21.9 Å². The minimum absolute atomic E-state index is 0.0422. The average molecular weight is 403 g/mol. The van der Waals surface area contributed by atoms with Crippen molar-refractivity contribution in [1.29, 1.82) is 5.26 Å². The number of hydrazine groups is 1. The molecule has 0 aromatic heterocycles. The van der Waals surface area contributed by atoms with E-state index in [1.54, 1.807) is 18.2 Å². The summed E-state index contributed by atoms with van der Waals surface area (Å²) in [4.78, 5) is -0.246. The van der Waals surface area contributed by atoms with Crippen LogP contribution in [0.15, 0.2) is 64.5 Å².